The van der Waals surface area contributed by atoms with Crippen molar-refractivity contribution in [3.8, 4) is 0 Å². The lowest BCUT2D eigenvalue weighted by molar-refractivity contribution is -0.125. The molecule has 3 heterocycles. The van der Waals surface area contributed by atoms with Crippen LogP contribution in [0.1, 0.15) is 25.0 Å². The van der Waals surface area contributed by atoms with Gasteiger partial charge in [-0.25, -0.2) is 0 Å². The molecule has 0 spiro atoms. The number of hydrogen-bond donors (Lipinski definition) is 0. The Morgan fingerprint density at radius 1 is 1.38 bits per heavy atom. The van der Waals surface area contributed by atoms with Crippen molar-refractivity contribution in [2.75, 3.05) is 58.5 Å². The number of rotatable bonds is 6. The molecular weight excluding hydrogens is 304 g/mol. The number of aryl methyl sites for hydroxylation is 1. The number of hydrogen-bond acceptors (Lipinski definition) is 6. The van der Waals surface area contributed by atoms with Crippen molar-refractivity contribution in [2.24, 2.45) is 5.41 Å². The lowest BCUT2D eigenvalue weighted by atomic mass is 9.73. The average Bonchev–Trinajstić information content (AvgIpc) is 2.59. The average molecular weight is 334 g/mol. The Kier molecular flexibility index (Phi) is 5.69. The first-order valence-electron chi connectivity index (χ1n) is 8.98. The van der Waals surface area contributed by atoms with Crippen molar-refractivity contribution in [3.63, 3.8) is 0 Å². The molecule has 0 radical (unpaired) electrons. The molecule has 6 nitrogen and oxygen atoms in total. The third-order valence-corrected chi connectivity index (χ3v) is 5.17. The maximum absolute atomic E-state index is 6.11. The van der Waals surface area contributed by atoms with Gasteiger partial charge in [-0.2, -0.15) is 5.10 Å². The highest BCUT2D eigenvalue weighted by molar-refractivity contribution is 5.39. The van der Waals surface area contributed by atoms with Gasteiger partial charge in [-0.05, 0) is 52.4 Å². The number of piperidine rings is 1. The molecule has 2 aliphatic heterocycles. The van der Waals surface area contributed by atoms with Gasteiger partial charge < -0.3 is 19.3 Å². The zero-order valence-electron chi connectivity index (χ0n) is 15.2. The topological polar surface area (TPSA) is 50.7 Å². The molecule has 0 aromatic carbocycles. The summed E-state index contributed by atoms with van der Waals surface area (Å²) in [6.45, 7) is 7.26. The maximum atomic E-state index is 6.11. The second-order valence-electron chi connectivity index (χ2n) is 7.42. The van der Waals surface area contributed by atoms with Crippen LogP contribution in [-0.4, -0.2) is 74.8 Å². The lowest BCUT2D eigenvalue weighted by Crippen LogP contribution is -2.57. The van der Waals surface area contributed by atoms with E-state index in [1.54, 1.807) is 0 Å². The molecule has 2 atom stereocenters. The van der Waals surface area contributed by atoms with Gasteiger partial charge in [0.05, 0.1) is 25.0 Å². The van der Waals surface area contributed by atoms with Crippen LogP contribution >= 0.6 is 0 Å². The zero-order valence-corrected chi connectivity index (χ0v) is 15.2. The highest BCUT2D eigenvalue weighted by atomic mass is 16.5. The van der Waals surface area contributed by atoms with Gasteiger partial charge in [-0.15, -0.1) is 5.10 Å². The smallest absolute Gasteiger partial charge is 0.151 e. The normalized spacial score (nSPS) is 27.3. The molecule has 0 amide bonds. The van der Waals surface area contributed by atoms with Gasteiger partial charge in [0.1, 0.15) is 0 Å². The SMILES string of the molecule is Cc1ccc(N2CC[C@@H]3OCCC[C@@]3(COCCN(C)C)C2)nn1. The van der Waals surface area contributed by atoms with Crippen molar-refractivity contribution < 1.29 is 9.47 Å². The van der Waals surface area contributed by atoms with E-state index in [2.05, 4.69) is 40.2 Å². The molecule has 0 N–H and O–H groups in total. The highest BCUT2D eigenvalue weighted by Gasteiger charge is 2.46. The predicted molar refractivity (Wildman–Crippen MR) is 94.4 cm³/mol. The number of nitrogens with zero attached hydrogens (tertiary/aromatic N) is 4. The van der Waals surface area contributed by atoms with E-state index < -0.39 is 0 Å². The van der Waals surface area contributed by atoms with Gasteiger partial charge in [-0.3, -0.25) is 0 Å². The minimum atomic E-state index is 0.0787. The fraction of sp³-hybridized carbons (Fsp3) is 0.778. The van der Waals surface area contributed by atoms with Crippen molar-refractivity contribution in [3.05, 3.63) is 17.8 Å². The number of fused-ring (bicyclic) bond motifs is 1. The quantitative estimate of drug-likeness (QED) is 0.739. The van der Waals surface area contributed by atoms with E-state index in [0.29, 0.717) is 6.10 Å². The Morgan fingerprint density at radius 2 is 2.25 bits per heavy atom. The number of anilines is 1. The zero-order chi connectivity index (χ0) is 17.0. The molecule has 0 bridgehead atoms. The van der Waals surface area contributed by atoms with Crippen molar-refractivity contribution in [2.45, 2.75) is 32.3 Å². The molecule has 1 aromatic heterocycles. The minimum absolute atomic E-state index is 0.0787. The standard InChI is InChI=1S/C18H30N4O2/c1-15-5-6-17(20-19-15)22-9-7-16-18(13-22,8-4-11-24-16)14-23-12-10-21(2)3/h5-6,16H,4,7-14H2,1-3H3/t16-,18-/m0/s1. The summed E-state index contributed by atoms with van der Waals surface area (Å²) in [6, 6.07) is 4.11. The Labute approximate surface area is 145 Å². The molecular formula is C18H30N4O2. The van der Waals surface area contributed by atoms with E-state index in [4.69, 9.17) is 9.47 Å². The molecule has 2 aliphatic rings. The highest BCUT2D eigenvalue weighted by Crippen LogP contribution is 2.41. The van der Waals surface area contributed by atoms with E-state index in [1.165, 1.54) is 0 Å². The summed E-state index contributed by atoms with van der Waals surface area (Å²) in [7, 11) is 4.15. The summed E-state index contributed by atoms with van der Waals surface area (Å²) >= 11 is 0. The summed E-state index contributed by atoms with van der Waals surface area (Å²) in [4.78, 5) is 4.51. The van der Waals surface area contributed by atoms with Gasteiger partial charge in [0.25, 0.3) is 0 Å². The van der Waals surface area contributed by atoms with Crippen LogP contribution in [-0.2, 0) is 9.47 Å². The lowest BCUT2D eigenvalue weighted by Gasteiger charge is -2.50. The summed E-state index contributed by atoms with van der Waals surface area (Å²) in [5.74, 6) is 0.970. The van der Waals surface area contributed by atoms with Gasteiger partial charge >= 0.3 is 0 Å². The number of likely N-dealkylation sites (N-methyl/N-ethyl adjacent to an activating group) is 1. The van der Waals surface area contributed by atoms with Crippen molar-refractivity contribution >= 4 is 5.82 Å². The molecule has 134 valence electrons. The van der Waals surface area contributed by atoms with Crippen LogP contribution in [0.5, 0.6) is 0 Å². The first-order chi connectivity index (χ1) is 11.6. The fourth-order valence-corrected chi connectivity index (χ4v) is 3.78. The summed E-state index contributed by atoms with van der Waals surface area (Å²) in [5, 5.41) is 8.59. The van der Waals surface area contributed by atoms with Crippen LogP contribution in [0.25, 0.3) is 0 Å². The van der Waals surface area contributed by atoms with Crippen molar-refractivity contribution in [1.82, 2.24) is 15.1 Å². The van der Waals surface area contributed by atoms with Crippen LogP contribution in [0.2, 0.25) is 0 Å². The van der Waals surface area contributed by atoms with Gasteiger partial charge in [0.2, 0.25) is 0 Å². The molecule has 6 heteroatoms. The molecule has 2 fully saturated rings. The first-order valence-corrected chi connectivity index (χ1v) is 8.98. The monoisotopic (exact) mass is 334 g/mol. The van der Waals surface area contributed by atoms with Gasteiger partial charge in [0, 0.05) is 31.7 Å². The number of aromatic nitrogens is 2. The molecule has 3 rings (SSSR count). The van der Waals surface area contributed by atoms with E-state index >= 15 is 0 Å². The molecule has 0 saturated carbocycles. The van der Waals surface area contributed by atoms with E-state index in [0.717, 1.165) is 70.2 Å². The first kappa shape index (κ1) is 17.6. The Morgan fingerprint density at radius 3 is 3.00 bits per heavy atom. The predicted octanol–water partition coefficient (Wildman–Crippen LogP) is 1.74. The van der Waals surface area contributed by atoms with Gasteiger partial charge in [-0.1, -0.05) is 0 Å². The number of ether oxygens (including phenoxy) is 2. The Hall–Kier alpha value is -1.24. The third-order valence-electron chi connectivity index (χ3n) is 5.17. The van der Waals surface area contributed by atoms with Crippen LogP contribution < -0.4 is 4.90 Å². The van der Waals surface area contributed by atoms with E-state index in [-0.39, 0.29) is 5.41 Å². The second-order valence-corrected chi connectivity index (χ2v) is 7.42. The Bertz CT molecular complexity index is 522. The molecule has 2 saturated heterocycles. The third kappa shape index (κ3) is 4.05. The minimum Gasteiger partial charge on any atom is -0.379 e. The molecule has 24 heavy (non-hydrogen) atoms. The largest absolute Gasteiger partial charge is 0.379 e. The van der Waals surface area contributed by atoms with Crippen LogP contribution in [0, 0.1) is 12.3 Å². The van der Waals surface area contributed by atoms with E-state index in [1.807, 2.05) is 13.0 Å². The van der Waals surface area contributed by atoms with E-state index in [9.17, 15) is 0 Å². The maximum Gasteiger partial charge on any atom is 0.151 e. The van der Waals surface area contributed by atoms with Crippen molar-refractivity contribution in [1.29, 1.82) is 0 Å². The summed E-state index contributed by atoms with van der Waals surface area (Å²) in [6.07, 6.45) is 3.61. The molecule has 1 aromatic rings. The molecule has 0 aliphatic carbocycles. The van der Waals surface area contributed by atoms with Crippen LogP contribution in [0.4, 0.5) is 5.82 Å². The summed E-state index contributed by atoms with van der Waals surface area (Å²) < 4.78 is 12.2. The molecule has 0 unspecified atom stereocenters. The summed E-state index contributed by atoms with van der Waals surface area (Å²) in [5.41, 5.74) is 1.03. The van der Waals surface area contributed by atoms with Crippen LogP contribution in [0.15, 0.2) is 12.1 Å². The Balaban J connectivity index is 1.68. The van der Waals surface area contributed by atoms with Gasteiger partial charge in [0.15, 0.2) is 5.82 Å². The second kappa shape index (κ2) is 7.76. The van der Waals surface area contributed by atoms with Crippen LogP contribution in [0.3, 0.4) is 0 Å². The fourth-order valence-electron chi connectivity index (χ4n) is 3.78.